The number of aryl methyl sites for hydroxylation is 1. The van der Waals surface area contributed by atoms with Gasteiger partial charge in [0.25, 0.3) is 5.91 Å². The molecule has 2 rings (SSSR count). The number of rotatable bonds is 8. The van der Waals surface area contributed by atoms with Gasteiger partial charge in [-0.25, -0.2) is 4.79 Å². The Hall–Kier alpha value is -2.82. The average molecular weight is 355 g/mol. The van der Waals surface area contributed by atoms with Crippen LogP contribution in [0.5, 0.6) is 5.75 Å². The summed E-state index contributed by atoms with van der Waals surface area (Å²) in [6.45, 7) is 6.15. The van der Waals surface area contributed by atoms with Crippen LogP contribution in [-0.4, -0.2) is 25.1 Å². The zero-order chi connectivity index (χ0) is 18.9. The minimum atomic E-state index is -0.536. The highest BCUT2D eigenvalue weighted by molar-refractivity contribution is 5.91. The fraction of sp³-hybridized carbons (Fsp3) is 0.333. The van der Waals surface area contributed by atoms with E-state index < -0.39 is 5.97 Å². The van der Waals surface area contributed by atoms with E-state index in [-0.39, 0.29) is 18.6 Å². The van der Waals surface area contributed by atoms with Gasteiger partial charge < -0.3 is 14.8 Å². The second kappa shape index (κ2) is 9.61. The van der Waals surface area contributed by atoms with Crippen LogP contribution in [0.25, 0.3) is 0 Å². The molecule has 0 radical (unpaired) electrons. The molecule has 5 nitrogen and oxygen atoms in total. The van der Waals surface area contributed by atoms with Crippen molar-refractivity contribution in [2.24, 2.45) is 0 Å². The lowest BCUT2D eigenvalue weighted by Crippen LogP contribution is -2.32. The van der Waals surface area contributed by atoms with Crippen molar-refractivity contribution in [3.05, 3.63) is 65.2 Å². The monoisotopic (exact) mass is 355 g/mol. The molecule has 0 spiro atoms. The summed E-state index contributed by atoms with van der Waals surface area (Å²) in [4.78, 5) is 24.2. The highest BCUT2D eigenvalue weighted by atomic mass is 16.5. The third-order valence-corrected chi connectivity index (χ3v) is 3.96. The Labute approximate surface area is 154 Å². The number of hydrogen-bond acceptors (Lipinski definition) is 4. The van der Waals surface area contributed by atoms with Crippen LogP contribution in [-0.2, 0) is 9.53 Å². The molecule has 0 aliphatic rings. The highest BCUT2D eigenvalue weighted by Gasteiger charge is 2.15. The van der Waals surface area contributed by atoms with Gasteiger partial charge in [-0.1, -0.05) is 36.8 Å². The maximum absolute atomic E-state index is 12.1. The average Bonchev–Trinajstić information content (AvgIpc) is 2.66. The first-order chi connectivity index (χ1) is 12.5. The molecular formula is C21H25NO4. The van der Waals surface area contributed by atoms with Gasteiger partial charge in [0.15, 0.2) is 6.61 Å². The smallest absolute Gasteiger partial charge is 0.338 e. The van der Waals surface area contributed by atoms with Gasteiger partial charge in [-0.05, 0) is 50.1 Å². The van der Waals surface area contributed by atoms with Gasteiger partial charge in [0.1, 0.15) is 5.75 Å². The number of esters is 1. The van der Waals surface area contributed by atoms with Gasteiger partial charge in [0.05, 0.1) is 18.2 Å². The van der Waals surface area contributed by atoms with Crippen molar-refractivity contribution in [3.63, 3.8) is 0 Å². The van der Waals surface area contributed by atoms with E-state index in [0.717, 1.165) is 12.0 Å². The van der Waals surface area contributed by atoms with Crippen molar-refractivity contribution >= 4 is 11.9 Å². The molecule has 0 heterocycles. The van der Waals surface area contributed by atoms with E-state index in [9.17, 15) is 9.59 Å². The van der Waals surface area contributed by atoms with Crippen LogP contribution in [0.3, 0.4) is 0 Å². The molecule has 0 saturated carbocycles. The SMILES string of the molecule is CCOc1ccc(C(=O)OCC(=O)N[C@H](CC)c2ccc(C)cc2)cc1. The van der Waals surface area contributed by atoms with Crippen molar-refractivity contribution in [2.45, 2.75) is 33.2 Å². The van der Waals surface area contributed by atoms with Crippen LogP contribution in [0.2, 0.25) is 0 Å². The van der Waals surface area contributed by atoms with Crippen molar-refractivity contribution in [2.75, 3.05) is 13.2 Å². The first-order valence-electron chi connectivity index (χ1n) is 8.79. The summed E-state index contributed by atoms with van der Waals surface area (Å²) in [7, 11) is 0. The minimum absolute atomic E-state index is 0.104. The zero-order valence-corrected chi connectivity index (χ0v) is 15.5. The van der Waals surface area contributed by atoms with Gasteiger partial charge in [0, 0.05) is 0 Å². The van der Waals surface area contributed by atoms with Crippen LogP contribution >= 0.6 is 0 Å². The largest absolute Gasteiger partial charge is 0.494 e. The lowest BCUT2D eigenvalue weighted by atomic mass is 10.0. The normalized spacial score (nSPS) is 11.5. The first kappa shape index (κ1) is 19.5. The Morgan fingerprint density at radius 2 is 1.65 bits per heavy atom. The number of nitrogens with one attached hydrogen (secondary N) is 1. The van der Waals surface area contributed by atoms with E-state index in [0.29, 0.717) is 17.9 Å². The van der Waals surface area contributed by atoms with Crippen LogP contribution in [0.4, 0.5) is 0 Å². The topological polar surface area (TPSA) is 64.6 Å². The third kappa shape index (κ3) is 5.62. The van der Waals surface area contributed by atoms with E-state index in [1.165, 1.54) is 5.56 Å². The molecule has 1 amide bonds. The molecule has 1 atom stereocenters. The molecule has 0 aromatic heterocycles. The van der Waals surface area contributed by atoms with Gasteiger partial charge in [0.2, 0.25) is 0 Å². The molecule has 0 bridgehead atoms. The molecule has 0 aliphatic carbocycles. The fourth-order valence-corrected chi connectivity index (χ4v) is 2.52. The van der Waals surface area contributed by atoms with Crippen molar-refractivity contribution in [3.8, 4) is 5.75 Å². The predicted octanol–water partition coefficient (Wildman–Crippen LogP) is 3.82. The van der Waals surface area contributed by atoms with Crippen LogP contribution in [0, 0.1) is 6.92 Å². The molecule has 1 N–H and O–H groups in total. The lowest BCUT2D eigenvalue weighted by molar-refractivity contribution is -0.125. The fourth-order valence-electron chi connectivity index (χ4n) is 2.52. The van der Waals surface area contributed by atoms with Gasteiger partial charge in [-0.2, -0.15) is 0 Å². The highest BCUT2D eigenvalue weighted by Crippen LogP contribution is 2.17. The van der Waals surface area contributed by atoms with Gasteiger partial charge in [-0.3, -0.25) is 4.79 Å². The number of benzene rings is 2. The second-order valence-electron chi connectivity index (χ2n) is 5.97. The van der Waals surface area contributed by atoms with Gasteiger partial charge >= 0.3 is 5.97 Å². The summed E-state index contributed by atoms with van der Waals surface area (Å²) < 4.78 is 10.4. The Morgan fingerprint density at radius 3 is 2.23 bits per heavy atom. The first-order valence-corrected chi connectivity index (χ1v) is 8.79. The molecule has 2 aromatic rings. The summed E-state index contributed by atoms with van der Waals surface area (Å²) >= 11 is 0. The van der Waals surface area contributed by atoms with E-state index in [1.807, 2.05) is 45.0 Å². The van der Waals surface area contributed by atoms with Crippen LogP contribution < -0.4 is 10.1 Å². The Balaban J connectivity index is 1.86. The zero-order valence-electron chi connectivity index (χ0n) is 15.5. The standard InChI is InChI=1S/C21H25NO4/c1-4-19(16-8-6-15(3)7-9-16)22-20(23)14-26-21(24)17-10-12-18(13-11-17)25-5-2/h6-13,19H,4-5,14H2,1-3H3,(H,22,23)/t19-/m1/s1. The number of amides is 1. The number of carbonyl (C=O) groups is 2. The Bertz CT molecular complexity index is 723. The predicted molar refractivity (Wildman–Crippen MR) is 100 cm³/mol. The molecule has 0 fully saturated rings. The summed E-state index contributed by atoms with van der Waals surface area (Å²) in [5.41, 5.74) is 2.58. The molecule has 0 unspecified atom stereocenters. The molecule has 0 aliphatic heterocycles. The molecule has 5 heteroatoms. The van der Waals surface area contributed by atoms with Crippen molar-refractivity contribution in [1.29, 1.82) is 0 Å². The van der Waals surface area contributed by atoms with Crippen LogP contribution in [0.15, 0.2) is 48.5 Å². The van der Waals surface area contributed by atoms with Crippen molar-refractivity contribution in [1.82, 2.24) is 5.32 Å². The molecule has 26 heavy (non-hydrogen) atoms. The summed E-state index contributed by atoms with van der Waals surface area (Å²) in [6, 6.07) is 14.5. The summed E-state index contributed by atoms with van der Waals surface area (Å²) in [6.07, 6.45) is 0.752. The number of ether oxygens (including phenoxy) is 2. The van der Waals surface area contributed by atoms with Crippen molar-refractivity contribution < 1.29 is 19.1 Å². The van der Waals surface area contributed by atoms with E-state index >= 15 is 0 Å². The maximum atomic E-state index is 12.1. The quantitative estimate of drug-likeness (QED) is 0.731. The number of hydrogen-bond donors (Lipinski definition) is 1. The minimum Gasteiger partial charge on any atom is -0.494 e. The maximum Gasteiger partial charge on any atom is 0.338 e. The Kier molecular flexibility index (Phi) is 7.21. The third-order valence-electron chi connectivity index (χ3n) is 3.96. The van der Waals surface area contributed by atoms with E-state index in [4.69, 9.17) is 9.47 Å². The van der Waals surface area contributed by atoms with E-state index in [1.54, 1.807) is 24.3 Å². The summed E-state index contributed by atoms with van der Waals surface area (Å²) in [5, 5.41) is 2.90. The lowest BCUT2D eigenvalue weighted by Gasteiger charge is -2.17. The second-order valence-corrected chi connectivity index (χ2v) is 5.97. The summed E-state index contributed by atoms with van der Waals surface area (Å²) in [5.74, 6) is -0.172. The number of carbonyl (C=O) groups excluding carboxylic acids is 2. The molecular weight excluding hydrogens is 330 g/mol. The Morgan fingerprint density at radius 1 is 1.00 bits per heavy atom. The molecule has 2 aromatic carbocycles. The molecule has 0 saturated heterocycles. The van der Waals surface area contributed by atoms with E-state index in [2.05, 4.69) is 5.32 Å². The van der Waals surface area contributed by atoms with Gasteiger partial charge in [-0.15, -0.1) is 0 Å². The molecule has 138 valence electrons. The van der Waals surface area contributed by atoms with Crippen LogP contribution in [0.1, 0.15) is 47.8 Å².